The van der Waals surface area contributed by atoms with E-state index >= 15 is 0 Å². The number of methoxy groups -OCH3 is 1. The molecule has 2 aromatic carbocycles. The van der Waals surface area contributed by atoms with Crippen molar-refractivity contribution in [2.24, 2.45) is 7.05 Å². The third-order valence-corrected chi connectivity index (χ3v) is 5.14. The molecule has 0 aliphatic rings. The second kappa shape index (κ2) is 8.21. The fraction of sp³-hybridized carbons (Fsp3) is 0.250. The Labute approximate surface area is 178 Å². The Kier molecular flexibility index (Phi) is 5.47. The summed E-state index contributed by atoms with van der Waals surface area (Å²) < 4.78 is 7.10. The van der Waals surface area contributed by atoms with Gasteiger partial charge >= 0.3 is 0 Å². The number of nitrogens with one attached hydrogen (secondary N) is 3. The number of aromatic amines is 1. The van der Waals surface area contributed by atoms with E-state index in [2.05, 4.69) is 30.9 Å². The Bertz CT molecular complexity index is 1190. The molecule has 4 N–H and O–H groups in total. The van der Waals surface area contributed by atoms with Crippen molar-refractivity contribution in [2.45, 2.75) is 19.6 Å². The summed E-state index contributed by atoms with van der Waals surface area (Å²) >= 11 is 6.50. The molecule has 1 atom stereocenters. The molecule has 2 aromatic heterocycles. The van der Waals surface area contributed by atoms with Crippen LogP contribution in [0.15, 0.2) is 36.5 Å². The van der Waals surface area contributed by atoms with Crippen LogP contribution in [-0.4, -0.2) is 43.4 Å². The number of hydrogen-bond acceptors (Lipinski definition) is 7. The van der Waals surface area contributed by atoms with Gasteiger partial charge in [-0.15, -0.1) is 5.10 Å². The van der Waals surface area contributed by atoms with Gasteiger partial charge in [-0.1, -0.05) is 18.5 Å². The fourth-order valence-electron chi connectivity index (χ4n) is 3.05. The highest BCUT2D eigenvalue weighted by Gasteiger charge is 2.15. The number of aliphatic hydroxyl groups is 1. The Morgan fingerprint density at radius 1 is 1.27 bits per heavy atom. The van der Waals surface area contributed by atoms with Gasteiger partial charge in [0.1, 0.15) is 12.0 Å². The van der Waals surface area contributed by atoms with Gasteiger partial charge in [-0.2, -0.15) is 10.1 Å². The monoisotopic (exact) mass is 427 g/mol. The van der Waals surface area contributed by atoms with Crippen LogP contribution < -0.4 is 15.4 Å². The molecule has 0 fully saturated rings. The van der Waals surface area contributed by atoms with Crippen LogP contribution in [0.4, 0.5) is 17.3 Å². The number of benzene rings is 2. The highest BCUT2D eigenvalue weighted by atomic mass is 35.5. The van der Waals surface area contributed by atoms with Crippen molar-refractivity contribution < 1.29 is 9.84 Å². The molecule has 2 heterocycles. The van der Waals surface area contributed by atoms with Crippen LogP contribution in [0.1, 0.15) is 13.3 Å². The first kappa shape index (κ1) is 20.0. The summed E-state index contributed by atoms with van der Waals surface area (Å²) in [5.74, 6) is 1.66. The molecule has 9 nitrogen and oxygen atoms in total. The average Bonchev–Trinajstić information content (AvgIpc) is 3.37. The average molecular weight is 428 g/mol. The van der Waals surface area contributed by atoms with E-state index in [0.717, 1.165) is 16.5 Å². The number of nitrogens with zero attached hydrogens (tertiary/aromatic N) is 4. The zero-order valence-corrected chi connectivity index (χ0v) is 17.5. The topological polar surface area (TPSA) is 113 Å². The quantitative estimate of drug-likeness (QED) is 0.331. The molecule has 0 radical (unpaired) electrons. The van der Waals surface area contributed by atoms with Gasteiger partial charge in [-0.05, 0) is 36.8 Å². The molecule has 0 bridgehead atoms. The smallest absolute Gasteiger partial charge is 0.225 e. The minimum atomic E-state index is -0.647. The number of aliphatic hydroxyl groups excluding tert-OH is 1. The number of anilines is 3. The molecule has 0 saturated carbocycles. The van der Waals surface area contributed by atoms with Crippen LogP contribution in [0.25, 0.3) is 22.3 Å². The van der Waals surface area contributed by atoms with Gasteiger partial charge in [-0.25, -0.2) is 4.68 Å². The van der Waals surface area contributed by atoms with Crippen molar-refractivity contribution in [3.8, 4) is 17.1 Å². The summed E-state index contributed by atoms with van der Waals surface area (Å²) in [5.41, 5.74) is 3.05. The largest absolute Gasteiger partial charge is 0.495 e. The van der Waals surface area contributed by atoms with Crippen LogP contribution in [0.3, 0.4) is 0 Å². The number of halogens is 1. The van der Waals surface area contributed by atoms with Gasteiger partial charge in [0.05, 0.1) is 35.2 Å². The van der Waals surface area contributed by atoms with Gasteiger partial charge in [0, 0.05) is 18.0 Å². The minimum Gasteiger partial charge on any atom is -0.495 e. The lowest BCUT2D eigenvalue weighted by molar-refractivity contribution is 0.199. The van der Waals surface area contributed by atoms with Crippen LogP contribution in [0, 0.1) is 0 Å². The number of ether oxygens (including phenoxy) is 1. The van der Waals surface area contributed by atoms with Crippen LogP contribution in [0.5, 0.6) is 5.75 Å². The van der Waals surface area contributed by atoms with Crippen molar-refractivity contribution in [2.75, 3.05) is 17.7 Å². The van der Waals surface area contributed by atoms with Gasteiger partial charge < -0.3 is 20.5 Å². The van der Waals surface area contributed by atoms with Crippen molar-refractivity contribution in [1.29, 1.82) is 0 Å². The lowest BCUT2D eigenvalue weighted by Gasteiger charge is -2.15. The first-order valence-corrected chi connectivity index (χ1v) is 9.80. The first-order chi connectivity index (χ1) is 14.5. The SMILES string of the molecule is CCC(O)Nc1ccc(-c2nc(Nc3ccc4[nH]ncc4c3Cl)n(C)n2)cc1OC. The Morgan fingerprint density at radius 3 is 2.83 bits per heavy atom. The molecule has 0 saturated heterocycles. The molecule has 0 spiro atoms. The van der Waals surface area contributed by atoms with E-state index in [-0.39, 0.29) is 0 Å². The maximum absolute atomic E-state index is 9.85. The number of fused-ring (bicyclic) bond motifs is 1. The van der Waals surface area contributed by atoms with E-state index in [4.69, 9.17) is 16.3 Å². The summed E-state index contributed by atoms with van der Waals surface area (Å²) in [5, 5.41) is 28.9. The van der Waals surface area contributed by atoms with E-state index in [0.29, 0.717) is 40.3 Å². The maximum atomic E-state index is 9.85. The fourth-order valence-corrected chi connectivity index (χ4v) is 3.31. The molecular weight excluding hydrogens is 406 g/mol. The number of rotatable bonds is 7. The summed E-state index contributed by atoms with van der Waals surface area (Å²) in [6.45, 7) is 1.89. The Balaban J connectivity index is 1.62. The van der Waals surface area contributed by atoms with E-state index in [1.54, 1.807) is 25.0 Å². The van der Waals surface area contributed by atoms with Gasteiger partial charge in [0.25, 0.3) is 0 Å². The first-order valence-electron chi connectivity index (χ1n) is 9.42. The maximum Gasteiger partial charge on any atom is 0.225 e. The van der Waals surface area contributed by atoms with Gasteiger partial charge in [0.15, 0.2) is 5.82 Å². The number of aromatic nitrogens is 5. The molecule has 0 aliphatic heterocycles. The summed E-state index contributed by atoms with van der Waals surface area (Å²) in [4.78, 5) is 4.60. The van der Waals surface area contributed by atoms with Crippen LogP contribution in [0.2, 0.25) is 5.02 Å². The third kappa shape index (κ3) is 3.77. The second-order valence-corrected chi connectivity index (χ2v) is 7.13. The number of hydrogen-bond donors (Lipinski definition) is 4. The predicted octanol–water partition coefficient (Wildman–Crippen LogP) is 3.90. The summed E-state index contributed by atoms with van der Waals surface area (Å²) in [6, 6.07) is 9.29. The second-order valence-electron chi connectivity index (χ2n) is 6.75. The molecule has 0 amide bonds. The van der Waals surface area contributed by atoms with Crippen molar-refractivity contribution in [3.05, 3.63) is 41.6 Å². The number of H-pyrrole nitrogens is 1. The molecule has 4 aromatic rings. The highest BCUT2D eigenvalue weighted by Crippen LogP contribution is 2.33. The molecule has 0 aliphatic carbocycles. The zero-order chi connectivity index (χ0) is 21.3. The third-order valence-electron chi connectivity index (χ3n) is 4.74. The summed E-state index contributed by atoms with van der Waals surface area (Å²) in [7, 11) is 3.38. The predicted molar refractivity (Wildman–Crippen MR) is 117 cm³/mol. The lowest BCUT2D eigenvalue weighted by Crippen LogP contribution is -2.17. The normalized spacial score (nSPS) is 12.2. The molecule has 1 unspecified atom stereocenters. The number of aryl methyl sites for hydroxylation is 1. The molecule has 4 rings (SSSR count). The molecule has 156 valence electrons. The molecule has 10 heteroatoms. The molecule has 30 heavy (non-hydrogen) atoms. The van der Waals surface area contributed by atoms with Crippen LogP contribution >= 0.6 is 11.6 Å². The van der Waals surface area contributed by atoms with Gasteiger partial charge in [-0.3, -0.25) is 5.10 Å². The van der Waals surface area contributed by atoms with Crippen molar-refractivity contribution in [3.63, 3.8) is 0 Å². The van der Waals surface area contributed by atoms with E-state index in [1.165, 1.54) is 0 Å². The lowest BCUT2D eigenvalue weighted by atomic mass is 10.1. The standard InChI is InChI=1S/C20H22ClN7O2/c1-4-17(29)23-14-6-5-11(9-16(14)30-3)19-25-20(28(2)27-19)24-15-8-7-13-12(18(15)21)10-22-26-13/h5-10,17,23,29H,4H2,1-3H3,(H,22,26)(H,24,25,27). The van der Waals surface area contributed by atoms with E-state index in [1.807, 2.05) is 37.3 Å². The van der Waals surface area contributed by atoms with Crippen LogP contribution in [-0.2, 0) is 7.05 Å². The van der Waals surface area contributed by atoms with Crippen molar-refractivity contribution >= 4 is 39.8 Å². The van der Waals surface area contributed by atoms with Gasteiger partial charge in [0.2, 0.25) is 5.95 Å². The van der Waals surface area contributed by atoms with E-state index in [9.17, 15) is 5.11 Å². The molecular formula is C20H22ClN7O2. The summed E-state index contributed by atoms with van der Waals surface area (Å²) in [6.07, 6.45) is 1.61. The van der Waals surface area contributed by atoms with E-state index < -0.39 is 6.23 Å². The Morgan fingerprint density at radius 2 is 2.07 bits per heavy atom. The van der Waals surface area contributed by atoms with Crippen molar-refractivity contribution in [1.82, 2.24) is 25.0 Å². The Hall–Kier alpha value is -3.30. The minimum absolute atomic E-state index is 0.529. The highest BCUT2D eigenvalue weighted by molar-refractivity contribution is 6.38. The zero-order valence-electron chi connectivity index (χ0n) is 16.8.